The van der Waals surface area contributed by atoms with Crippen LogP contribution in [0.1, 0.15) is 12.8 Å². The van der Waals surface area contributed by atoms with E-state index in [0.29, 0.717) is 0 Å². The van der Waals surface area contributed by atoms with Gasteiger partial charge >= 0.3 is 0 Å². The molecule has 0 unspecified atom stereocenters. The first-order valence-electron chi connectivity index (χ1n) is 2.71. The minimum absolute atomic E-state index is 0.0440. The van der Waals surface area contributed by atoms with E-state index in [1.807, 2.05) is 0 Å². The summed E-state index contributed by atoms with van der Waals surface area (Å²) in [4.78, 5) is 0. The van der Waals surface area contributed by atoms with E-state index >= 15 is 0 Å². The van der Waals surface area contributed by atoms with Gasteiger partial charge in [0.05, 0.1) is 12.2 Å². The van der Waals surface area contributed by atoms with E-state index in [4.69, 9.17) is 4.74 Å². The molecule has 8 heavy (non-hydrogen) atoms. The summed E-state index contributed by atoms with van der Waals surface area (Å²) < 4.78 is 29.1. The average Bonchev–Trinajstić information content (AvgIpc) is 2.11. The van der Waals surface area contributed by atoms with Crippen LogP contribution in [0, 0.1) is 0 Å². The Kier molecular flexibility index (Phi) is 0.615. The third kappa shape index (κ3) is 0.540. The maximum Gasteiger partial charge on any atom is 0.253 e. The van der Waals surface area contributed by atoms with Crippen LogP contribution in [0.4, 0.5) is 8.78 Å². The Bertz CT molecular complexity index is 112. The van der Waals surface area contributed by atoms with Gasteiger partial charge in [-0.2, -0.15) is 0 Å². The molecule has 2 atom stereocenters. The molecule has 1 saturated carbocycles. The van der Waals surface area contributed by atoms with Crippen molar-refractivity contribution in [2.75, 3.05) is 0 Å². The van der Waals surface area contributed by atoms with Gasteiger partial charge in [-0.05, 0) is 0 Å². The summed E-state index contributed by atoms with van der Waals surface area (Å²) >= 11 is 0. The van der Waals surface area contributed by atoms with Crippen molar-refractivity contribution in [2.45, 2.75) is 31.0 Å². The predicted molar refractivity (Wildman–Crippen MR) is 22.8 cm³/mol. The van der Waals surface area contributed by atoms with Gasteiger partial charge in [-0.1, -0.05) is 0 Å². The van der Waals surface area contributed by atoms with Crippen molar-refractivity contribution < 1.29 is 13.5 Å². The fraction of sp³-hybridized carbons (Fsp3) is 1.00. The first kappa shape index (κ1) is 4.68. The van der Waals surface area contributed by atoms with Crippen LogP contribution in [0.3, 0.4) is 0 Å². The molecular weight excluding hydrogens is 114 g/mol. The third-order valence-electron chi connectivity index (χ3n) is 1.69. The van der Waals surface area contributed by atoms with Gasteiger partial charge in [0.15, 0.2) is 0 Å². The number of alkyl halides is 2. The monoisotopic (exact) mass is 120 g/mol. The lowest BCUT2D eigenvalue weighted by atomic mass is 10.3. The number of fused-ring (bicyclic) bond motifs is 1. The Morgan fingerprint density at radius 3 is 2.00 bits per heavy atom. The molecule has 0 aromatic carbocycles. The van der Waals surface area contributed by atoms with E-state index in [1.54, 1.807) is 0 Å². The van der Waals surface area contributed by atoms with Crippen molar-refractivity contribution in [3.05, 3.63) is 0 Å². The SMILES string of the molecule is FC1(F)C[C@@H]2O[C@@H]2C1. The second-order valence-corrected chi connectivity index (χ2v) is 2.48. The highest BCUT2D eigenvalue weighted by Gasteiger charge is 2.57. The molecule has 46 valence electrons. The number of halogens is 2. The van der Waals surface area contributed by atoms with Crippen LogP contribution in [0.25, 0.3) is 0 Å². The summed E-state index contributed by atoms with van der Waals surface area (Å²) in [5.74, 6) is -2.41. The highest BCUT2D eigenvalue weighted by molar-refractivity contribution is 4.99. The molecule has 0 radical (unpaired) electrons. The fourth-order valence-corrected chi connectivity index (χ4v) is 1.21. The van der Waals surface area contributed by atoms with Crippen molar-refractivity contribution in [2.24, 2.45) is 0 Å². The molecule has 0 aromatic heterocycles. The van der Waals surface area contributed by atoms with Crippen LogP contribution in [-0.4, -0.2) is 18.1 Å². The highest BCUT2D eigenvalue weighted by Crippen LogP contribution is 2.47. The standard InChI is InChI=1S/C5H6F2O/c6-5(7)1-3-4(2-5)8-3/h3-4H,1-2H2/t3-,4+. The Balaban J connectivity index is 2.08. The number of hydrogen-bond acceptors (Lipinski definition) is 1. The van der Waals surface area contributed by atoms with Crippen LogP contribution in [-0.2, 0) is 4.74 Å². The van der Waals surface area contributed by atoms with Gasteiger partial charge in [0, 0.05) is 12.8 Å². The molecule has 0 N–H and O–H groups in total. The van der Waals surface area contributed by atoms with Crippen molar-refractivity contribution >= 4 is 0 Å². The molecule has 0 bridgehead atoms. The maximum absolute atomic E-state index is 12.1. The predicted octanol–water partition coefficient (Wildman–Crippen LogP) is 1.18. The second-order valence-electron chi connectivity index (χ2n) is 2.48. The molecule has 0 spiro atoms. The fourth-order valence-electron chi connectivity index (χ4n) is 1.21. The van der Waals surface area contributed by atoms with E-state index in [1.165, 1.54) is 0 Å². The van der Waals surface area contributed by atoms with Crippen molar-refractivity contribution in [1.29, 1.82) is 0 Å². The molecule has 0 amide bonds. The smallest absolute Gasteiger partial charge is 0.253 e. The van der Waals surface area contributed by atoms with Crippen LogP contribution >= 0.6 is 0 Å². The van der Waals surface area contributed by atoms with E-state index in [2.05, 4.69) is 0 Å². The molecule has 1 aliphatic heterocycles. The van der Waals surface area contributed by atoms with Gasteiger partial charge in [-0.15, -0.1) is 0 Å². The summed E-state index contributed by atoms with van der Waals surface area (Å²) in [5.41, 5.74) is 0. The van der Waals surface area contributed by atoms with Crippen LogP contribution in [0.15, 0.2) is 0 Å². The minimum Gasteiger partial charge on any atom is -0.369 e. The average molecular weight is 120 g/mol. The summed E-state index contributed by atoms with van der Waals surface area (Å²) in [6.07, 6.45) is -0.273. The Morgan fingerprint density at radius 2 is 1.75 bits per heavy atom. The van der Waals surface area contributed by atoms with Gasteiger partial charge in [0.1, 0.15) is 0 Å². The lowest BCUT2D eigenvalue weighted by molar-refractivity contribution is -0.0236. The van der Waals surface area contributed by atoms with Crippen LogP contribution < -0.4 is 0 Å². The quantitative estimate of drug-likeness (QED) is 0.437. The Hall–Kier alpha value is -0.180. The molecule has 1 nitrogen and oxygen atoms in total. The molecule has 1 aliphatic carbocycles. The maximum atomic E-state index is 12.1. The number of rotatable bonds is 0. The van der Waals surface area contributed by atoms with E-state index in [9.17, 15) is 8.78 Å². The Morgan fingerprint density at radius 1 is 1.25 bits per heavy atom. The van der Waals surface area contributed by atoms with E-state index < -0.39 is 5.92 Å². The lowest BCUT2D eigenvalue weighted by Gasteiger charge is -2.07. The summed E-state index contributed by atoms with van der Waals surface area (Å²) in [6, 6.07) is 0. The first-order valence-corrected chi connectivity index (χ1v) is 2.71. The summed E-state index contributed by atoms with van der Waals surface area (Å²) in [5, 5.41) is 0. The van der Waals surface area contributed by atoms with Gasteiger partial charge in [-0.3, -0.25) is 0 Å². The second kappa shape index (κ2) is 1.05. The molecule has 2 rings (SSSR count). The number of ether oxygens (including phenoxy) is 1. The highest BCUT2D eigenvalue weighted by atomic mass is 19.3. The largest absolute Gasteiger partial charge is 0.369 e. The molecule has 2 aliphatic rings. The van der Waals surface area contributed by atoms with Crippen LogP contribution in [0.2, 0.25) is 0 Å². The normalized spacial score (nSPS) is 48.8. The van der Waals surface area contributed by atoms with Crippen LogP contribution in [0.5, 0.6) is 0 Å². The Labute approximate surface area is 45.6 Å². The zero-order valence-electron chi connectivity index (χ0n) is 4.23. The number of epoxide rings is 1. The summed E-state index contributed by atoms with van der Waals surface area (Å²) in [6.45, 7) is 0. The van der Waals surface area contributed by atoms with Gasteiger partial charge in [0.25, 0.3) is 5.92 Å². The van der Waals surface area contributed by atoms with Crippen molar-refractivity contribution in [3.63, 3.8) is 0 Å². The molecule has 3 heteroatoms. The minimum atomic E-state index is -2.41. The molecule has 2 fully saturated rings. The molecule has 1 heterocycles. The van der Waals surface area contributed by atoms with Crippen molar-refractivity contribution in [1.82, 2.24) is 0 Å². The zero-order chi connectivity index (χ0) is 5.78. The van der Waals surface area contributed by atoms with Crippen molar-refractivity contribution in [3.8, 4) is 0 Å². The number of hydrogen-bond donors (Lipinski definition) is 0. The molecule has 0 aromatic rings. The van der Waals surface area contributed by atoms with Gasteiger partial charge in [-0.25, -0.2) is 8.78 Å². The molecule has 1 saturated heterocycles. The topological polar surface area (TPSA) is 12.5 Å². The van der Waals surface area contributed by atoms with E-state index in [0.717, 1.165) is 0 Å². The van der Waals surface area contributed by atoms with Gasteiger partial charge in [0.2, 0.25) is 0 Å². The van der Waals surface area contributed by atoms with Gasteiger partial charge < -0.3 is 4.74 Å². The third-order valence-corrected chi connectivity index (χ3v) is 1.69. The lowest BCUT2D eigenvalue weighted by Crippen LogP contribution is -2.13. The molecular formula is C5H6F2O. The first-order chi connectivity index (χ1) is 3.67. The zero-order valence-corrected chi connectivity index (χ0v) is 4.23. The summed E-state index contributed by atoms with van der Waals surface area (Å²) in [7, 11) is 0. The van der Waals surface area contributed by atoms with E-state index in [-0.39, 0.29) is 25.0 Å².